The average molecular weight is 388 g/mol. The Hall–Kier alpha value is -2.64. The van der Waals surface area contributed by atoms with Gasteiger partial charge in [-0.05, 0) is 24.6 Å². The second-order valence-corrected chi connectivity index (χ2v) is 7.09. The number of halogens is 1. The molecule has 4 rings (SSSR count). The predicted molar refractivity (Wildman–Crippen MR) is 102 cm³/mol. The zero-order chi connectivity index (χ0) is 18.4. The monoisotopic (exact) mass is 387 g/mol. The Labute approximate surface area is 157 Å². The third kappa shape index (κ3) is 2.60. The molecule has 3 aromatic heterocycles. The number of hydrogen-bond donors (Lipinski definition) is 1. The van der Waals surface area contributed by atoms with Crippen LogP contribution in [0.3, 0.4) is 0 Å². The summed E-state index contributed by atoms with van der Waals surface area (Å²) in [5.74, 6) is -0.208. The molecule has 3 heterocycles. The van der Waals surface area contributed by atoms with Crippen LogP contribution in [0, 0.1) is 6.92 Å². The van der Waals surface area contributed by atoms with Crippen LogP contribution in [0.2, 0.25) is 5.15 Å². The van der Waals surface area contributed by atoms with Gasteiger partial charge in [-0.15, -0.1) is 11.3 Å². The average Bonchev–Trinajstić information content (AvgIpc) is 3.18. The molecule has 0 unspecified atom stereocenters. The van der Waals surface area contributed by atoms with Crippen molar-refractivity contribution in [2.24, 2.45) is 0 Å². The van der Waals surface area contributed by atoms with Crippen LogP contribution in [0.4, 0.5) is 0 Å². The van der Waals surface area contributed by atoms with Crippen molar-refractivity contribution in [2.75, 3.05) is 7.11 Å². The molecule has 0 aliphatic carbocycles. The van der Waals surface area contributed by atoms with E-state index >= 15 is 0 Å². The highest BCUT2D eigenvalue weighted by molar-refractivity contribution is 7.13. The van der Waals surface area contributed by atoms with E-state index in [1.54, 1.807) is 12.5 Å². The van der Waals surface area contributed by atoms with Gasteiger partial charge in [-0.1, -0.05) is 23.7 Å². The summed E-state index contributed by atoms with van der Waals surface area (Å²) in [5.41, 5.74) is 2.98. The van der Waals surface area contributed by atoms with Crippen molar-refractivity contribution in [3.8, 4) is 5.75 Å². The Morgan fingerprint density at radius 3 is 2.69 bits per heavy atom. The maximum Gasteiger partial charge on any atom is 0.348 e. The first-order valence-corrected chi connectivity index (χ1v) is 9.05. The topological polar surface area (TPSA) is 77.2 Å². The van der Waals surface area contributed by atoms with Crippen molar-refractivity contribution in [1.82, 2.24) is 14.8 Å². The van der Waals surface area contributed by atoms with E-state index in [2.05, 4.69) is 10.1 Å². The summed E-state index contributed by atoms with van der Waals surface area (Å²) in [6, 6.07) is 7.76. The van der Waals surface area contributed by atoms with Gasteiger partial charge in [0.05, 0.1) is 19.2 Å². The molecule has 8 heteroatoms. The van der Waals surface area contributed by atoms with Crippen LogP contribution in [0.5, 0.6) is 5.75 Å². The summed E-state index contributed by atoms with van der Waals surface area (Å²) in [4.78, 5) is 15.9. The molecule has 0 radical (unpaired) electrons. The van der Waals surface area contributed by atoms with Crippen molar-refractivity contribution >= 4 is 50.7 Å². The molecular formula is C18H14ClN3O3S. The molecule has 0 atom stereocenters. The van der Waals surface area contributed by atoms with Crippen molar-refractivity contribution in [2.45, 2.75) is 13.5 Å². The van der Waals surface area contributed by atoms with Crippen LogP contribution in [0.25, 0.3) is 21.8 Å². The van der Waals surface area contributed by atoms with Crippen LogP contribution in [0.15, 0.2) is 29.6 Å². The fourth-order valence-corrected chi connectivity index (χ4v) is 4.06. The van der Waals surface area contributed by atoms with Crippen molar-refractivity contribution < 1.29 is 14.6 Å². The molecule has 26 heavy (non-hydrogen) atoms. The first kappa shape index (κ1) is 16.8. The minimum Gasteiger partial charge on any atom is -0.497 e. The highest BCUT2D eigenvalue weighted by Crippen LogP contribution is 2.35. The Kier molecular flexibility index (Phi) is 4.05. The van der Waals surface area contributed by atoms with Gasteiger partial charge < -0.3 is 9.84 Å². The number of ether oxygens (including phenoxy) is 1. The molecule has 0 fully saturated rings. The Bertz CT molecular complexity index is 1150. The lowest BCUT2D eigenvalue weighted by Gasteiger charge is -2.06. The fraction of sp³-hybridized carbons (Fsp3) is 0.167. The number of methoxy groups -OCH3 is 1. The van der Waals surface area contributed by atoms with Gasteiger partial charge >= 0.3 is 5.97 Å². The van der Waals surface area contributed by atoms with E-state index in [0.29, 0.717) is 17.6 Å². The lowest BCUT2D eigenvalue weighted by atomic mass is 10.1. The van der Waals surface area contributed by atoms with E-state index in [-0.39, 0.29) is 10.0 Å². The van der Waals surface area contributed by atoms with Gasteiger partial charge in [0.2, 0.25) is 0 Å². The number of thiophene rings is 1. The van der Waals surface area contributed by atoms with Gasteiger partial charge in [-0.25, -0.2) is 9.78 Å². The zero-order valence-corrected chi connectivity index (χ0v) is 15.6. The number of nitrogens with zero attached hydrogens (tertiary/aromatic N) is 3. The van der Waals surface area contributed by atoms with Crippen molar-refractivity contribution in [1.29, 1.82) is 0 Å². The molecule has 1 aromatic carbocycles. The predicted octanol–water partition coefficient (Wildman–Crippen LogP) is 4.36. The van der Waals surface area contributed by atoms with Gasteiger partial charge in [-0.2, -0.15) is 5.10 Å². The van der Waals surface area contributed by atoms with E-state index in [0.717, 1.165) is 39.1 Å². The number of hydrogen-bond acceptors (Lipinski definition) is 5. The van der Waals surface area contributed by atoms with E-state index in [9.17, 15) is 9.90 Å². The maximum absolute atomic E-state index is 11.4. The first-order valence-electron chi connectivity index (χ1n) is 7.79. The fourth-order valence-electron chi connectivity index (χ4n) is 3.01. The third-order valence-corrected chi connectivity index (χ3v) is 5.55. The molecule has 1 N–H and O–H groups in total. The highest BCUT2D eigenvalue weighted by Gasteiger charge is 2.21. The Morgan fingerprint density at radius 1 is 1.31 bits per heavy atom. The number of carbonyl (C=O) groups is 1. The number of pyridine rings is 1. The second-order valence-electron chi connectivity index (χ2n) is 5.85. The van der Waals surface area contributed by atoms with E-state index in [1.165, 1.54) is 0 Å². The minimum absolute atomic E-state index is 0.186. The molecule has 0 aliphatic heterocycles. The SMILES string of the molecule is COc1ccc(Cn2nc3c(Cl)nc4c(C(=O)O)scc4c3c2C)cc1. The number of aromatic nitrogens is 3. The van der Waals surface area contributed by atoms with Gasteiger partial charge in [0.1, 0.15) is 16.1 Å². The van der Waals surface area contributed by atoms with Gasteiger partial charge in [0.25, 0.3) is 0 Å². The maximum atomic E-state index is 11.4. The summed E-state index contributed by atoms with van der Waals surface area (Å²) in [6.07, 6.45) is 0. The lowest BCUT2D eigenvalue weighted by molar-refractivity contribution is 0.0704. The number of aryl methyl sites for hydroxylation is 1. The summed E-state index contributed by atoms with van der Waals surface area (Å²) in [6.45, 7) is 2.52. The number of aromatic carboxylic acids is 1. The van der Waals surface area contributed by atoms with Crippen molar-refractivity contribution in [3.05, 3.63) is 50.9 Å². The lowest BCUT2D eigenvalue weighted by Crippen LogP contribution is -2.03. The van der Waals surface area contributed by atoms with E-state index < -0.39 is 5.97 Å². The van der Waals surface area contributed by atoms with Crippen LogP contribution < -0.4 is 4.74 Å². The Balaban J connectivity index is 1.86. The number of carboxylic acid groups (broad SMARTS) is 1. The summed E-state index contributed by atoms with van der Waals surface area (Å²) >= 11 is 7.45. The molecule has 0 bridgehead atoms. The number of carboxylic acids is 1. The van der Waals surface area contributed by atoms with Crippen LogP contribution >= 0.6 is 22.9 Å². The number of benzene rings is 1. The molecule has 0 spiro atoms. The van der Waals surface area contributed by atoms with Crippen molar-refractivity contribution in [3.63, 3.8) is 0 Å². The summed E-state index contributed by atoms with van der Waals surface area (Å²) < 4.78 is 7.04. The summed E-state index contributed by atoms with van der Waals surface area (Å²) in [5, 5.41) is 17.6. The van der Waals surface area contributed by atoms with Crippen LogP contribution in [-0.4, -0.2) is 33.0 Å². The smallest absolute Gasteiger partial charge is 0.348 e. The normalized spacial score (nSPS) is 11.3. The number of rotatable bonds is 4. The Morgan fingerprint density at radius 2 is 2.04 bits per heavy atom. The number of fused-ring (bicyclic) bond motifs is 3. The molecule has 4 aromatic rings. The molecule has 132 valence electrons. The van der Waals surface area contributed by atoms with E-state index in [4.69, 9.17) is 16.3 Å². The largest absolute Gasteiger partial charge is 0.497 e. The van der Waals surface area contributed by atoms with Gasteiger partial charge in [-0.3, -0.25) is 4.68 Å². The molecule has 6 nitrogen and oxygen atoms in total. The first-order chi connectivity index (χ1) is 12.5. The van der Waals surface area contributed by atoms with E-state index in [1.807, 2.05) is 35.9 Å². The van der Waals surface area contributed by atoms with Crippen LogP contribution in [0.1, 0.15) is 20.9 Å². The third-order valence-electron chi connectivity index (χ3n) is 4.33. The molecule has 0 saturated heterocycles. The highest BCUT2D eigenvalue weighted by atomic mass is 35.5. The summed E-state index contributed by atoms with van der Waals surface area (Å²) in [7, 11) is 1.63. The van der Waals surface area contributed by atoms with Gasteiger partial charge in [0.15, 0.2) is 5.15 Å². The molecule has 0 aliphatic rings. The molecule has 0 saturated carbocycles. The molecular weight excluding hydrogens is 374 g/mol. The quantitative estimate of drug-likeness (QED) is 0.526. The standard InChI is InChI=1S/C18H14ClN3O3S/c1-9-13-12-8-26-16(18(23)24)14(12)20-17(19)15(13)21-22(9)7-10-3-5-11(25-2)6-4-10/h3-6,8H,7H2,1-2H3,(H,23,24). The van der Waals surface area contributed by atoms with Gasteiger partial charge in [0, 0.05) is 21.8 Å². The second kappa shape index (κ2) is 6.26. The van der Waals surface area contributed by atoms with Crippen LogP contribution in [-0.2, 0) is 6.54 Å². The molecule has 0 amide bonds. The minimum atomic E-state index is -1.00. The zero-order valence-electron chi connectivity index (χ0n) is 14.0.